The molecule has 0 saturated carbocycles. The average molecular weight is 370 g/mol. The minimum Gasteiger partial charge on any atom is -0.350 e. The molecular weight excluding hydrogens is 348 g/mol. The van der Waals surface area contributed by atoms with Crippen molar-refractivity contribution >= 4 is 17.5 Å². The predicted octanol–water partition coefficient (Wildman–Crippen LogP) is 3.96. The number of para-hydroxylation sites is 1. The molecule has 3 aromatic carbocycles. The van der Waals surface area contributed by atoms with E-state index in [1.807, 2.05) is 91.9 Å². The number of hydrogen-bond acceptors (Lipinski definition) is 2. The van der Waals surface area contributed by atoms with Crippen LogP contribution < -0.4 is 10.2 Å². The lowest BCUT2D eigenvalue weighted by Crippen LogP contribution is -2.63. The number of carbonyl (C=O) groups excluding carboxylic acids is 2. The molecule has 1 heterocycles. The Morgan fingerprint density at radius 3 is 2.25 bits per heavy atom. The molecule has 2 amide bonds. The normalized spacial score (nSPS) is 18.5. The van der Waals surface area contributed by atoms with Crippen LogP contribution >= 0.6 is 0 Å². The second-order valence-electron chi connectivity index (χ2n) is 7.25. The van der Waals surface area contributed by atoms with E-state index in [0.29, 0.717) is 18.5 Å². The van der Waals surface area contributed by atoms with Gasteiger partial charge in [-0.05, 0) is 36.2 Å². The van der Waals surface area contributed by atoms with Gasteiger partial charge in [-0.15, -0.1) is 0 Å². The summed E-state index contributed by atoms with van der Waals surface area (Å²) in [6.45, 7) is 2.27. The van der Waals surface area contributed by atoms with E-state index in [4.69, 9.17) is 0 Å². The van der Waals surface area contributed by atoms with E-state index in [0.717, 1.165) is 16.8 Å². The standard InChI is InChI=1S/C24H22N2O2/c1-24(23(28)25-17-18-10-4-2-5-11-18)16-19-12-8-9-15-21(19)22(27)26(24)20-13-6-3-7-14-20/h2-15H,16-17H2,1H3,(H,25,28)/t24-/m1/s1. The number of rotatable bonds is 4. The summed E-state index contributed by atoms with van der Waals surface area (Å²) in [5.74, 6) is -0.312. The molecular formula is C24H22N2O2. The van der Waals surface area contributed by atoms with Gasteiger partial charge >= 0.3 is 0 Å². The quantitative estimate of drug-likeness (QED) is 0.756. The van der Waals surface area contributed by atoms with Gasteiger partial charge in [0.15, 0.2) is 0 Å². The molecule has 1 atom stereocenters. The van der Waals surface area contributed by atoms with E-state index < -0.39 is 5.54 Å². The van der Waals surface area contributed by atoms with E-state index >= 15 is 0 Å². The molecule has 28 heavy (non-hydrogen) atoms. The first kappa shape index (κ1) is 18.0. The maximum absolute atomic E-state index is 13.4. The topological polar surface area (TPSA) is 49.4 Å². The largest absolute Gasteiger partial charge is 0.350 e. The van der Waals surface area contributed by atoms with Gasteiger partial charge in [-0.2, -0.15) is 0 Å². The van der Waals surface area contributed by atoms with Gasteiger partial charge < -0.3 is 5.32 Å². The summed E-state index contributed by atoms with van der Waals surface area (Å²) < 4.78 is 0. The molecule has 4 rings (SSSR count). The van der Waals surface area contributed by atoms with E-state index in [1.165, 1.54) is 0 Å². The van der Waals surface area contributed by atoms with Crippen LogP contribution in [0.5, 0.6) is 0 Å². The van der Waals surface area contributed by atoms with E-state index in [-0.39, 0.29) is 11.8 Å². The Labute approximate surface area is 164 Å². The molecule has 0 bridgehead atoms. The van der Waals surface area contributed by atoms with Crippen LogP contribution in [0.3, 0.4) is 0 Å². The van der Waals surface area contributed by atoms with Crippen molar-refractivity contribution in [2.75, 3.05) is 4.90 Å². The minimum atomic E-state index is -1.01. The highest BCUT2D eigenvalue weighted by molar-refractivity contribution is 6.14. The van der Waals surface area contributed by atoms with Crippen LogP contribution in [0.4, 0.5) is 5.69 Å². The van der Waals surface area contributed by atoms with Crippen molar-refractivity contribution < 1.29 is 9.59 Å². The van der Waals surface area contributed by atoms with Gasteiger partial charge in [-0.25, -0.2) is 0 Å². The Hall–Kier alpha value is -3.40. The molecule has 0 aromatic heterocycles. The fourth-order valence-electron chi connectivity index (χ4n) is 3.81. The molecule has 4 heteroatoms. The van der Waals surface area contributed by atoms with Crippen LogP contribution in [0.15, 0.2) is 84.9 Å². The Morgan fingerprint density at radius 1 is 0.929 bits per heavy atom. The number of anilines is 1. The summed E-state index contributed by atoms with van der Waals surface area (Å²) in [7, 11) is 0. The minimum absolute atomic E-state index is 0.148. The summed E-state index contributed by atoms with van der Waals surface area (Å²) in [4.78, 5) is 28.3. The Kier molecular flexibility index (Phi) is 4.70. The maximum atomic E-state index is 13.4. The number of nitrogens with zero attached hydrogens (tertiary/aromatic N) is 1. The summed E-state index contributed by atoms with van der Waals surface area (Å²) in [5, 5.41) is 3.03. The van der Waals surface area contributed by atoms with Crippen LogP contribution in [0, 0.1) is 0 Å². The summed E-state index contributed by atoms with van der Waals surface area (Å²) in [6.07, 6.45) is 0.463. The van der Waals surface area contributed by atoms with Gasteiger partial charge in [-0.1, -0.05) is 66.7 Å². The SMILES string of the molecule is C[C@]1(C(=O)NCc2ccccc2)Cc2ccccc2C(=O)N1c1ccccc1. The maximum Gasteiger partial charge on any atom is 0.259 e. The number of fused-ring (bicyclic) bond motifs is 1. The van der Waals surface area contributed by atoms with Crippen LogP contribution in [0.25, 0.3) is 0 Å². The summed E-state index contributed by atoms with van der Waals surface area (Å²) in [6, 6.07) is 26.7. The number of hydrogen-bond donors (Lipinski definition) is 1. The molecule has 0 spiro atoms. The lowest BCUT2D eigenvalue weighted by molar-refractivity contribution is -0.126. The molecule has 1 aliphatic rings. The lowest BCUT2D eigenvalue weighted by Gasteiger charge is -2.44. The molecule has 4 nitrogen and oxygen atoms in total. The zero-order chi connectivity index (χ0) is 19.6. The van der Waals surface area contributed by atoms with Gasteiger partial charge in [0.25, 0.3) is 5.91 Å². The van der Waals surface area contributed by atoms with Crippen LogP contribution in [-0.2, 0) is 17.8 Å². The van der Waals surface area contributed by atoms with Crippen molar-refractivity contribution in [3.05, 3.63) is 102 Å². The fourth-order valence-corrected chi connectivity index (χ4v) is 3.81. The second kappa shape index (κ2) is 7.31. The van der Waals surface area contributed by atoms with E-state index in [9.17, 15) is 9.59 Å². The first-order valence-corrected chi connectivity index (χ1v) is 9.39. The zero-order valence-corrected chi connectivity index (χ0v) is 15.8. The highest BCUT2D eigenvalue weighted by Crippen LogP contribution is 2.35. The average Bonchev–Trinajstić information content (AvgIpc) is 2.73. The Bertz CT molecular complexity index is 1000. The zero-order valence-electron chi connectivity index (χ0n) is 15.8. The summed E-state index contributed by atoms with van der Waals surface area (Å²) >= 11 is 0. The molecule has 1 aliphatic heterocycles. The van der Waals surface area contributed by atoms with Crippen molar-refractivity contribution in [3.63, 3.8) is 0 Å². The molecule has 0 radical (unpaired) electrons. The van der Waals surface area contributed by atoms with E-state index in [1.54, 1.807) is 4.90 Å². The monoisotopic (exact) mass is 370 g/mol. The molecule has 0 fully saturated rings. The van der Waals surface area contributed by atoms with Crippen molar-refractivity contribution in [1.29, 1.82) is 0 Å². The van der Waals surface area contributed by atoms with Crippen LogP contribution in [0.2, 0.25) is 0 Å². The molecule has 140 valence electrons. The second-order valence-corrected chi connectivity index (χ2v) is 7.25. The van der Waals surface area contributed by atoms with Gasteiger partial charge in [0.2, 0.25) is 5.91 Å². The third kappa shape index (κ3) is 3.18. The molecule has 0 aliphatic carbocycles. The van der Waals surface area contributed by atoms with Crippen molar-refractivity contribution in [2.24, 2.45) is 0 Å². The molecule has 1 N–H and O–H groups in total. The summed E-state index contributed by atoms with van der Waals surface area (Å²) in [5.41, 5.74) is 2.28. The van der Waals surface area contributed by atoms with Crippen molar-refractivity contribution in [3.8, 4) is 0 Å². The van der Waals surface area contributed by atoms with Crippen molar-refractivity contribution in [2.45, 2.75) is 25.4 Å². The first-order valence-electron chi connectivity index (χ1n) is 9.39. The third-order valence-corrected chi connectivity index (χ3v) is 5.28. The molecule has 0 saturated heterocycles. The number of benzene rings is 3. The Balaban J connectivity index is 1.71. The third-order valence-electron chi connectivity index (χ3n) is 5.28. The van der Waals surface area contributed by atoms with E-state index in [2.05, 4.69) is 5.32 Å². The fraction of sp³-hybridized carbons (Fsp3) is 0.167. The molecule has 0 unspecified atom stereocenters. The highest BCUT2D eigenvalue weighted by atomic mass is 16.2. The Morgan fingerprint density at radius 2 is 1.54 bits per heavy atom. The van der Waals surface area contributed by atoms with Gasteiger partial charge in [0.05, 0.1) is 0 Å². The predicted molar refractivity (Wildman–Crippen MR) is 110 cm³/mol. The van der Waals surface area contributed by atoms with Crippen molar-refractivity contribution in [1.82, 2.24) is 5.32 Å². The number of carbonyl (C=O) groups is 2. The lowest BCUT2D eigenvalue weighted by atomic mass is 9.82. The first-order chi connectivity index (χ1) is 13.6. The van der Waals surface area contributed by atoms with Gasteiger partial charge in [0.1, 0.15) is 5.54 Å². The smallest absolute Gasteiger partial charge is 0.259 e. The van der Waals surface area contributed by atoms with Crippen LogP contribution in [0.1, 0.15) is 28.4 Å². The van der Waals surface area contributed by atoms with Gasteiger partial charge in [-0.3, -0.25) is 14.5 Å². The number of amides is 2. The van der Waals surface area contributed by atoms with Crippen LogP contribution in [-0.4, -0.2) is 17.4 Å². The molecule has 3 aromatic rings. The number of nitrogens with one attached hydrogen (secondary N) is 1. The highest BCUT2D eigenvalue weighted by Gasteiger charge is 2.47. The van der Waals surface area contributed by atoms with Gasteiger partial charge in [0, 0.05) is 24.2 Å².